The van der Waals surface area contributed by atoms with Gasteiger partial charge in [-0.05, 0) is 40.8 Å². The van der Waals surface area contributed by atoms with Gasteiger partial charge in [0.2, 0.25) is 5.78 Å². The number of aliphatic hydroxyl groups is 2. The van der Waals surface area contributed by atoms with Crippen LogP contribution in [0.5, 0.6) is 0 Å². The van der Waals surface area contributed by atoms with Crippen LogP contribution in [-0.4, -0.2) is 121 Å². The number of fused-ring (bicyclic) bond motifs is 7. The number of allylic oxidation sites excluding steroid dienone is 2. The van der Waals surface area contributed by atoms with E-state index in [9.17, 15) is 19.8 Å². The van der Waals surface area contributed by atoms with Crippen molar-refractivity contribution < 1.29 is 38.7 Å². The van der Waals surface area contributed by atoms with E-state index in [0.29, 0.717) is 36.0 Å². The summed E-state index contributed by atoms with van der Waals surface area (Å²) in [4.78, 5) is 31.5. The predicted molar refractivity (Wildman–Crippen MR) is 129 cm³/mol. The van der Waals surface area contributed by atoms with Crippen molar-refractivity contribution in [1.29, 1.82) is 0 Å². The Balaban J connectivity index is 1.48. The lowest BCUT2D eigenvalue weighted by Gasteiger charge is -2.54. The van der Waals surface area contributed by atoms with E-state index >= 15 is 0 Å². The number of piperazine rings is 1. The number of likely N-dealkylation sites (N-methyl/N-ethyl adjacent to an activating group) is 1. The fourth-order valence-corrected chi connectivity index (χ4v) is 7.76. The summed E-state index contributed by atoms with van der Waals surface area (Å²) in [5.74, 6) is -0.865. The summed E-state index contributed by atoms with van der Waals surface area (Å²) in [5, 5.41) is 24.1. The molecule has 0 spiro atoms. The second kappa shape index (κ2) is 9.20. The third-order valence-corrected chi connectivity index (χ3v) is 9.26. The van der Waals surface area contributed by atoms with Crippen LogP contribution in [0.3, 0.4) is 0 Å². The van der Waals surface area contributed by atoms with Gasteiger partial charge in [0.25, 0.3) is 0 Å². The second-order valence-electron chi connectivity index (χ2n) is 11.4. The quantitative estimate of drug-likeness (QED) is 0.323. The summed E-state index contributed by atoms with van der Waals surface area (Å²) < 4.78 is 24.9. The van der Waals surface area contributed by atoms with Crippen LogP contribution in [0.25, 0.3) is 0 Å². The van der Waals surface area contributed by atoms with Crippen molar-refractivity contribution in [3.05, 3.63) is 22.5 Å². The van der Waals surface area contributed by atoms with Crippen molar-refractivity contribution in [2.75, 3.05) is 27.8 Å². The standard InChI is InChI=1S/C26H37N3O8/c1-10-22(30)12-7-15-20-13(26(32)33)6-14(27-20)25-29(15)16(19(12)23(31)24(10)34-5)9-35-18-8-17(37-25)21(28(3)4)11(2)36-18/h11,13-18,20-21,25-27,32-33H,6-9H2,1-5H3/t11?,13-,14+,15+,16+,17?,18?,20-,21?,25+/m1/s1. The maximum Gasteiger partial charge on any atom is 0.226 e. The number of hydrogen-bond donors (Lipinski definition) is 3. The molecular weight excluding hydrogens is 482 g/mol. The highest BCUT2D eigenvalue weighted by molar-refractivity contribution is 6.25. The molecule has 1 aliphatic carbocycles. The molecule has 5 heterocycles. The van der Waals surface area contributed by atoms with Crippen LogP contribution in [-0.2, 0) is 28.5 Å². The molecule has 0 aromatic heterocycles. The van der Waals surface area contributed by atoms with E-state index in [1.807, 2.05) is 21.0 Å². The number of carbonyl (C=O) groups excluding carboxylic acids is 2. The van der Waals surface area contributed by atoms with E-state index in [4.69, 9.17) is 18.9 Å². The summed E-state index contributed by atoms with van der Waals surface area (Å²) in [6, 6.07) is -1.32. The minimum atomic E-state index is -1.51. The normalized spacial score (nSPS) is 44.0. The number of hydrogen-bond acceptors (Lipinski definition) is 11. The maximum absolute atomic E-state index is 13.7. The lowest BCUT2D eigenvalue weighted by Crippen LogP contribution is -2.71. The molecule has 4 fully saturated rings. The summed E-state index contributed by atoms with van der Waals surface area (Å²) in [6.45, 7) is 3.77. The number of rotatable bonds is 3. The van der Waals surface area contributed by atoms with E-state index in [0.717, 1.165) is 0 Å². The Kier molecular flexibility index (Phi) is 6.36. The van der Waals surface area contributed by atoms with Crippen LogP contribution in [0.4, 0.5) is 0 Å². The van der Waals surface area contributed by atoms with Crippen molar-refractivity contribution in [2.24, 2.45) is 5.92 Å². The largest absolute Gasteiger partial charge is 0.492 e. The molecule has 6 aliphatic rings. The Morgan fingerprint density at radius 2 is 1.92 bits per heavy atom. The minimum Gasteiger partial charge on any atom is -0.492 e. The van der Waals surface area contributed by atoms with E-state index in [1.54, 1.807) is 6.92 Å². The van der Waals surface area contributed by atoms with Gasteiger partial charge in [0, 0.05) is 47.2 Å². The van der Waals surface area contributed by atoms with Gasteiger partial charge in [0.1, 0.15) is 6.23 Å². The Morgan fingerprint density at radius 1 is 1.16 bits per heavy atom. The maximum atomic E-state index is 13.7. The first-order chi connectivity index (χ1) is 17.6. The number of Topliss-reactive ketones (excluding diaryl/α,β-unsaturated/α-hetero) is 2. The average molecular weight is 520 g/mol. The zero-order chi connectivity index (χ0) is 26.3. The van der Waals surface area contributed by atoms with Crippen LogP contribution >= 0.6 is 0 Å². The highest BCUT2D eigenvalue weighted by atomic mass is 16.7. The van der Waals surface area contributed by atoms with Crippen molar-refractivity contribution in [3.63, 3.8) is 0 Å². The van der Waals surface area contributed by atoms with Gasteiger partial charge in [-0.3, -0.25) is 14.5 Å². The topological polar surface area (TPSA) is 130 Å². The number of nitrogens with zero attached hydrogens (tertiary/aromatic N) is 2. The molecule has 10 atom stereocenters. The number of ether oxygens (including phenoxy) is 4. The van der Waals surface area contributed by atoms with Gasteiger partial charge in [0.15, 0.2) is 24.1 Å². The summed E-state index contributed by atoms with van der Waals surface area (Å²) >= 11 is 0. The van der Waals surface area contributed by atoms with Crippen molar-refractivity contribution in [2.45, 2.75) is 94.3 Å². The monoisotopic (exact) mass is 519 g/mol. The van der Waals surface area contributed by atoms with Gasteiger partial charge in [-0.15, -0.1) is 0 Å². The molecule has 37 heavy (non-hydrogen) atoms. The smallest absolute Gasteiger partial charge is 0.226 e. The number of aliphatic hydroxyl groups excluding tert-OH is 1. The molecule has 4 bridgehead atoms. The number of ketones is 2. The van der Waals surface area contributed by atoms with Crippen LogP contribution in [0.1, 0.15) is 33.1 Å². The SMILES string of the molecule is COC1=C(C)C(=O)C2=C(C1=O)[C@@H]1COC3CC(O[C@H]4[C@@H]5C[C@@H](C(O)O)[C@@H](N5)[C@H](C2)N14)C(N(C)C)C(C)O3. The fourth-order valence-electron chi connectivity index (χ4n) is 7.76. The molecule has 4 unspecified atom stereocenters. The Morgan fingerprint density at radius 3 is 2.59 bits per heavy atom. The van der Waals surface area contributed by atoms with Crippen LogP contribution < -0.4 is 5.32 Å². The van der Waals surface area contributed by atoms with E-state index in [1.165, 1.54) is 7.11 Å². The van der Waals surface area contributed by atoms with Crippen molar-refractivity contribution in [3.8, 4) is 0 Å². The molecular formula is C26H37N3O8. The average Bonchev–Trinajstić information content (AvgIpc) is 3.25. The van der Waals surface area contributed by atoms with Gasteiger partial charge in [-0.25, -0.2) is 0 Å². The first kappa shape index (κ1) is 25.6. The molecule has 0 radical (unpaired) electrons. The lowest BCUT2D eigenvalue weighted by molar-refractivity contribution is -0.245. The van der Waals surface area contributed by atoms with Crippen LogP contribution in [0.2, 0.25) is 0 Å². The third-order valence-electron chi connectivity index (χ3n) is 9.26. The Hall–Kier alpha value is -1.70. The molecule has 6 rings (SSSR count). The third kappa shape index (κ3) is 3.78. The van der Waals surface area contributed by atoms with Gasteiger partial charge in [0.05, 0.1) is 38.0 Å². The zero-order valence-corrected chi connectivity index (χ0v) is 21.9. The number of nitrogens with one attached hydrogen (secondary N) is 1. The van der Waals surface area contributed by atoms with E-state index < -0.39 is 30.8 Å². The minimum absolute atomic E-state index is 0.0173. The highest BCUT2D eigenvalue weighted by Gasteiger charge is 2.60. The molecule has 3 N–H and O–H groups in total. The lowest BCUT2D eigenvalue weighted by atomic mass is 9.75. The molecule has 204 valence electrons. The molecule has 5 aliphatic heterocycles. The van der Waals surface area contributed by atoms with Crippen molar-refractivity contribution in [1.82, 2.24) is 15.1 Å². The first-order valence-electron chi connectivity index (χ1n) is 13.2. The molecule has 11 heteroatoms. The molecule has 0 aromatic carbocycles. The number of carbonyl (C=O) groups is 2. The van der Waals surface area contributed by atoms with Crippen molar-refractivity contribution >= 4 is 11.6 Å². The van der Waals surface area contributed by atoms with E-state index in [-0.39, 0.29) is 60.3 Å². The van der Waals surface area contributed by atoms with Gasteiger partial charge in [-0.2, -0.15) is 0 Å². The second-order valence-corrected chi connectivity index (χ2v) is 11.4. The molecule has 0 saturated carbocycles. The fraction of sp³-hybridized carbons (Fsp3) is 0.769. The molecule has 4 saturated heterocycles. The van der Waals surface area contributed by atoms with Gasteiger partial charge < -0.3 is 39.4 Å². The molecule has 0 amide bonds. The molecule has 0 aromatic rings. The summed E-state index contributed by atoms with van der Waals surface area (Å²) in [5.41, 5.74) is 1.15. The van der Waals surface area contributed by atoms with Gasteiger partial charge >= 0.3 is 0 Å². The summed E-state index contributed by atoms with van der Waals surface area (Å²) in [6.07, 6.45) is -1.49. The highest BCUT2D eigenvalue weighted by Crippen LogP contribution is 2.47. The molecule has 11 nitrogen and oxygen atoms in total. The van der Waals surface area contributed by atoms with Crippen LogP contribution in [0, 0.1) is 5.92 Å². The zero-order valence-electron chi connectivity index (χ0n) is 21.9. The van der Waals surface area contributed by atoms with Gasteiger partial charge in [-0.1, -0.05) is 0 Å². The Bertz CT molecular complexity index is 1060. The Labute approximate surface area is 216 Å². The van der Waals surface area contributed by atoms with E-state index in [2.05, 4.69) is 15.1 Å². The predicted octanol–water partition coefficient (Wildman–Crippen LogP) is -0.724. The number of methoxy groups -OCH3 is 1. The van der Waals surface area contributed by atoms with Crippen LogP contribution in [0.15, 0.2) is 22.5 Å². The first-order valence-corrected chi connectivity index (χ1v) is 13.2. The summed E-state index contributed by atoms with van der Waals surface area (Å²) in [7, 11) is 5.41.